The molecule has 0 spiro atoms. The smallest absolute Gasteiger partial charge is 0.240 e. The first kappa shape index (κ1) is 15.3. The van der Waals surface area contributed by atoms with Crippen LogP contribution < -0.4 is 15.6 Å². The topological polar surface area (TPSA) is 95.4 Å². The highest BCUT2D eigenvalue weighted by atomic mass is 32.2. The fourth-order valence-electron chi connectivity index (χ4n) is 2.00. The summed E-state index contributed by atoms with van der Waals surface area (Å²) < 4.78 is 28.2. The fraction of sp³-hybridized carbons (Fsp3) is 0.200. The average molecular weight is 306 g/mol. The summed E-state index contributed by atoms with van der Waals surface area (Å²) in [4.78, 5) is -0.104. The normalized spacial score (nSPS) is 11.3. The van der Waals surface area contributed by atoms with E-state index in [1.54, 1.807) is 0 Å². The van der Waals surface area contributed by atoms with E-state index in [0.717, 1.165) is 12.8 Å². The summed E-state index contributed by atoms with van der Waals surface area (Å²) in [5.41, 5.74) is 7.00. The van der Waals surface area contributed by atoms with Crippen molar-refractivity contribution < 1.29 is 13.2 Å². The van der Waals surface area contributed by atoms with Gasteiger partial charge in [0.2, 0.25) is 10.0 Å². The van der Waals surface area contributed by atoms with Gasteiger partial charge in [-0.1, -0.05) is 25.5 Å². The molecule has 0 heterocycles. The second-order valence-electron chi connectivity index (χ2n) is 4.74. The lowest BCUT2D eigenvalue weighted by atomic mass is 10.1. The highest BCUT2D eigenvalue weighted by Crippen LogP contribution is 2.27. The summed E-state index contributed by atoms with van der Waals surface area (Å²) >= 11 is 0. The van der Waals surface area contributed by atoms with Gasteiger partial charge in [-0.15, -0.1) is 0 Å². The summed E-state index contributed by atoms with van der Waals surface area (Å²) in [6, 6.07) is 12.0. The maximum Gasteiger partial charge on any atom is 0.240 e. The van der Waals surface area contributed by atoms with Gasteiger partial charge in [-0.05, 0) is 36.2 Å². The lowest BCUT2D eigenvalue weighted by molar-refractivity contribution is 0.482. The lowest BCUT2D eigenvalue weighted by Gasteiger charge is -2.09. The molecule has 0 radical (unpaired) electrons. The zero-order chi connectivity index (χ0) is 15.5. The number of rotatable bonds is 5. The van der Waals surface area contributed by atoms with Gasteiger partial charge in [0.05, 0.1) is 5.69 Å². The van der Waals surface area contributed by atoms with Crippen LogP contribution in [0.15, 0.2) is 47.4 Å². The summed E-state index contributed by atoms with van der Waals surface area (Å²) in [5, 5.41) is 5.06. The summed E-state index contributed by atoms with van der Waals surface area (Å²) in [6.45, 7) is 2.13. The molecule has 6 heteroatoms. The zero-order valence-corrected chi connectivity index (χ0v) is 12.6. The Bertz CT molecular complexity index is 725. The number of hydrogen-bond donors (Lipinski definition) is 2. The molecule has 0 aliphatic carbocycles. The van der Waals surface area contributed by atoms with Crippen LogP contribution in [0.1, 0.15) is 18.9 Å². The first-order valence-corrected chi connectivity index (χ1v) is 8.14. The molecule has 0 aliphatic rings. The van der Waals surface area contributed by atoms with Gasteiger partial charge in [0, 0.05) is 6.07 Å². The summed E-state index contributed by atoms with van der Waals surface area (Å²) in [6.07, 6.45) is 2.11. The average Bonchev–Trinajstić information content (AvgIpc) is 2.40. The number of nitrogen functional groups attached to an aromatic ring is 1. The van der Waals surface area contributed by atoms with Gasteiger partial charge in [0.15, 0.2) is 0 Å². The molecule has 0 unspecified atom stereocenters. The Labute approximate surface area is 124 Å². The van der Waals surface area contributed by atoms with Gasteiger partial charge in [0.1, 0.15) is 16.4 Å². The van der Waals surface area contributed by atoms with E-state index in [1.165, 1.54) is 23.8 Å². The number of nitrogens with two attached hydrogens (primary N) is 2. The Morgan fingerprint density at radius 2 is 1.67 bits per heavy atom. The Morgan fingerprint density at radius 1 is 1.05 bits per heavy atom. The second kappa shape index (κ2) is 6.15. The van der Waals surface area contributed by atoms with Crippen LogP contribution in [0.5, 0.6) is 11.5 Å². The highest BCUT2D eigenvalue weighted by Gasteiger charge is 2.12. The monoisotopic (exact) mass is 306 g/mol. The van der Waals surface area contributed by atoms with E-state index in [1.807, 2.05) is 24.3 Å². The molecule has 0 saturated carbocycles. The molecule has 5 nitrogen and oxygen atoms in total. The van der Waals surface area contributed by atoms with Gasteiger partial charge in [-0.2, -0.15) is 0 Å². The van der Waals surface area contributed by atoms with E-state index in [0.29, 0.717) is 11.5 Å². The largest absolute Gasteiger partial charge is 0.457 e. The molecule has 0 atom stereocenters. The molecule has 0 fully saturated rings. The zero-order valence-electron chi connectivity index (χ0n) is 11.7. The molecule has 2 aromatic rings. The van der Waals surface area contributed by atoms with Crippen molar-refractivity contribution in [2.45, 2.75) is 24.7 Å². The quantitative estimate of drug-likeness (QED) is 0.830. The Kier molecular flexibility index (Phi) is 4.50. The number of sulfonamides is 1. The maximum atomic E-state index is 11.3. The maximum absolute atomic E-state index is 11.3. The van der Waals surface area contributed by atoms with E-state index < -0.39 is 10.0 Å². The van der Waals surface area contributed by atoms with Gasteiger partial charge in [-0.3, -0.25) is 0 Å². The lowest BCUT2D eigenvalue weighted by Crippen LogP contribution is -2.14. The number of hydrogen-bond acceptors (Lipinski definition) is 4. The Hall–Kier alpha value is -2.05. The first-order chi connectivity index (χ1) is 9.90. The Balaban J connectivity index is 2.18. The molecule has 0 bridgehead atoms. The molecule has 0 aliphatic heterocycles. The van der Waals surface area contributed by atoms with E-state index in [2.05, 4.69) is 6.92 Å². The third-order valence-corrected chi connectivity index (χ3v) is 3.97. The van der Waals surface area contributed by atoms with Gasteiger partial charge >= 0.3 is 0 Å². The van der Waals surface area contributed by atoms with Gasteiger partial charge in [-0.25, -0.2) is 13.6 Å². The highest BCUT2D eigenvalue weighted by molar-refractivity contribution is 7.89. The van der Waals surface area contributed by atoms with E-state index in [4.69, 9.17) is 15.6 Å². The standard InChI is InChI=1S/C15H18N2O3S/c1-2-3-11-4-6-12(7-5-11)20-13-8-9-15(14(16)10-13)21(17,18)19/h4-10H,2-3,16H2,1H3,(H2,17,18,19). The number of benzene rings is 2. The van der Waals surface area contributed by atoms with Crippen LogP contribution in [0.3, 0.4) is 0 Å². The van der Waals surface area contributed by atoms with Crippen molar-refractivity contribution in [3.63, 3.8) is 0 Å². The molecular formula is C15H18N2O3S. The van der Waals surface area contributed by atoms with E-state index in [9.17, 15) is 8.42 Å². The molecule has 0 aromatic heterocycles. The van der Waals surface area contributed by atoms with E-state index >= 15 is 0 Å². The molecule has 112 valence electrons. The van der Waals surface area contributed by atoms with Crippen LogP contribution >= 0.6 is 0 Å². The van der Waals surface area contributed by atoms with Gasteiger partial charge in [0.25, 0.3) is 0 Å². The Morgan fingerprint density at radius 3 is 2.19 bits per heavy atom. The fourth-order valence-corrected chi connectivity index (χ4v) is 2.64. The van der Waals surface area contributed by atoms with Crippen molar-refractivity contribution in [3.05, 3.63) is 48.0 Å². The SMILES string of the molecule is CCCc1ccc(Oc2ccc(S(N)(=O)=O)c(N)c2)cc1. The van der Waals surface area contributed by atoms with Crippen molar-refractivity contribution in [3.8, 4) is 11.5 Å². The van der Waals surface area contributed by atoms with Crippen LogP contribution in [-0.2, 0) is 16.4 Å². The third-order valence-electron chi connectivity index (χ3n) is 2.99. The molecule has 0 saturated heterocycles. The predicted molar refractivity (Wildman–Crippen MR) is 82.7 cm³/mol. The van der Waals surface area contributed by atoms with Crippen LogP contribution in [0.4, 0.5) is 5.69 Å². The molecule has 21 heavy (non-hydrogen) atoms. The van der Waals surface area contributed by atoms with E-state index in [-0.39, 0.29) is 10.6 Å². The molecule has 2 rings (SSSR count). The minimum absolute atomic E-state index is 0.0672. The third kappa shape index (κ3) is 3.96. The predicted octanol–water partition coefficient (Wildman–Crippen LogP) is 2.66. The second-order valence-corrected chi connectivity index (χ2v) is 6.27. The number of ether oxygens (including phenoxy) is 1. The number of aryl methyl sites for hydroxylation is 1. The van der Waals surface area contributed by atoms with Gasteiger partial charge < -0.3 is 10.5 Å². The minimum Gasteiger partial charge on any atom is -0.457 e. The van der Waals surface area contributed by atoms with Crippen molar-refractivity contribution in [2.75, 3.05) is 5.73 Å². The van der Waals surface area contributed by atoms with Crippen LogP contribution in [0, 0.1) is 0 Å². The molecule has 4 N–H and O–H groups in total. The van der Waals surface area contributed by atoms with Crippen molar-refractivity contribution >= 4 is 15.7 Å². The molecule has 2 aromatic carbocycles. The molecular weight excluding hydrogens is 288 g/mol. The van der Waals surface area contributed by atoms with Crippen LogP contribution in [-0.4, -0.2) is 8.42 Å². The summed E-state index contributed by atoms with van der Waals surface area (Å²) in [7, 11) is -3.82. The van der Waals surface area contributed by atoms with Crippen molar-refractivity contribution in [2.24, 2.45) is 5.14 Å². The molecule has 0 amide bonds. The van der Waals surface area contributed by atoms with Crippen LogP contribution in [0.25, 0.3) is 0 Å². The van der Waals surface area contributed by atoms with Crippen molar-refractivity contribution in [1.29, 1.82) is 0 Å². The van der Waals surface area contributed by atoms with Crippen LogP contribution in [0.2, 0.25) is 0 Å². The minimum atomic E-state index is -3.82. The van der Waals surface area contributed by atoms with Crippen molar-refractivity contribution in [1.82, 2.24) is 0 Å². The number of primary sulfonamides is 1. The summed E-state index contributed by atoms with van der Waals surface area (Å²) in [5.74, 6) is 1.13. The first-order valence-electron chi connectivity index (χ1n) is 6.59. The number of anilines is 1.